The number of nitrogens with zero attached hydrogens (tertiary/aromatic N) is 2. The van der Waals surface area contributed by atoms with Gasteiger partial charge >= 0.3 is 0 Å². The number of fused-ring (bicyclic) bond motifs is 8. The van der Waals surface area contributed by atoms with Gasteiger partial charge in [-0.05, 0) is 162 Å². The van der Waals surface area contributed by atoms with E-state index in [0.29, 0.717) is 0 Å². The Bertz CT molecular complexity index is 3710. The molecule has 0 aromatic heterocycles. The lowest BCUT2D eigenvalue weighted by Crippen LogP contribution is -2.16. The number of hydrogen-bond donors (Lipinski definition) is 0. The van der Waals surface area contributed by atoms with E-state index in [0.717, 1.165) is 34.1 Å². The molecule has 0 fully saturated rings. The molecule has 0 saturated carbocycles. The number of para-hydroxylation sites is 2. The highest BCUT2D eigenvalue weighted by Crippen LogP contribution is 2.53. The van der Waals surface area contributed by atoms with Gasteiger partial charge in [0.15, 0.2) is 0 Å². The molecule has 11 aromatic carbocycles. The zero-order chi connectivity index (χ0) is 43.9. The van der Waals surface area contributed by atoms with Crippen molar-refractivity contribution in [1.29, 1.82) is 0 Å². The molecule has 13 rings (SSSR count). The van der Waals surface area contributed by atoms with E-state index in [-0.39, 0.29) is 5.41 Å². The van der Waals surface area contributed by atoms with Gasteiger partial charge in [-0.2, -0.15) is 0 Å². The van der Waals surface area contributed by atoms with E-state index in [2.05, 4.69) is 254 Å². The second kappa shape index (κ2) is 15.1. The molecule has 0 unspecified atom stereocenters. The van der Waals surface area contributed by atoms with Gasteiger partial charge in [0.25, 0.3) is 0 Å². The van der Waals surface area contributed by atoms with Gasteiger partial charge < -0.3 is 9.80 Å². The van der Waals surface area contributed by atoms with E-state index >= 15 is 0 Å². The quantitative estimate of drug-likeness (QED) is 0.147. The first-order chi connectivity index (χ1) is 32.5. The van der Waals surface area contributed by atoms with E-state index in [1.807, 2.05) is 11.8 Å². The third-order valence-electron chi connectivity index (χ3n) is 14.0. The average Bonchev–Trinajstić information content (AvgIpc) is 3.60. The van der Waals surface area contributed by atoms with Gasteiger partial charge in [0, 0.05) is 54.7 Å². The summed E-state index contributed by atoms with van der Waals surface area (Å²) in [5.41, 5.74) is 17.2. The Kier molecular flexibility index (Phi) is 8.84. The monoisotopic (exact) mass is 860 g/mol. The summed E-state index contributed by atoms with van der Waals surface area (Å²) < 4.78 is 0. The average molecular weight is 861 g/mol. The van der Waals surface area contributed by atoms with Crippen LogP contribution in [-0.4, -0.2) is 0 Å². The Morgan fingerprint density at radius 1 is 0.318 bits per heavy atom. The van der Waals surface area contributed by atoms with E-state index in [9.17, 15) is 0 Å². The molecule has 0 amide bonds. The first-order valence-electron chi connectivity index (χ1n) is 22.8. The number of anilines is 6. The van der Waals surface area contributed by atoms with Crippen molar-refractivity contribution in [3.63, 3.8) is 0 Å². The summed E-state index contributed by atoms with van der Waals surface area (Å²) in [5.74, 6) is 0. The molecule has 2 aliphatic rings. The lowest BCUT2D eigenvalue weighted by Gasteiger charge is -2.28. The van der Waals surface area contributed by atoms with E-state index in [1.165, 1.54) is 86.6 Å². The van der Waals surface area contributed by atoms with Crippen molar-refractivity contribution in [1.82, 2.24) is 0 Å². The van der Waals surface area contributed by atoms with Gasteiger partial charge in [-0.3, -0.25) is 0 Å². The predicted octanol–water partition coefficient (Wildman–Crippen LogP) is 18.2. The Morgan fingerprint density at radius 2 is 0.894 bits per heavy atom. The van der Waals surface area contributed by atoms with Gasteiger partial charge in [-0.25, -0.2) is 0 Å². The predicted molar refractivity (Wildman–Crippen MR) is 281 cm³/mol. The maximum atomic E-state index is 2.41. The van der Waals surface area contributed by atoms with Crippen LogP contribution in [0.15, 0.2) is 240 Å². The van der Waals surface area contributed by atoms with Crippen LogP contribution in [-0.2, 0) is 5.41 Å². The van der Waals surface area contributed by atoms with Crippen molar-refractivity contribution >= 4 is 78.2 Å². The van der Waals surface area contributed by atoms with Crippen molar-refractivity contribution in [2.45, 2.75) is 29.1 Å². The lowest BCUT2D eigenvalue weighted by atomic mass is 9.82. The summed E-state index contributed by atoms with van der Waals surface area (Å²) in [4.78, 5) is 7.35. The molecule has 11 aromatic rings. The molecule has 0 bridgehead atoms. The number of hydrogen-bond acceptors (Lipinski definition) is 3. The third-order valence-corrected chi connectivity index (χ3v) is 15.1. The Morgan fingerprint density at radius 3 is 1.68 bits per heavy atom. The SMILES string of the molecule is CC1(C)c2ccccc2-c2ccc(N(c3ccccc3)c3ccc(-c4ccc5c(c4)Sc4cccc6c4c-5cc4ccc(N(c5ccccc5)c5ccc7ccccc7c5)cc46)cc3)cc21. The van der Waals surface area contributed by atoms with Crippen LogP contribution in [0.2, 0.25) is 0 Å². The molecule has 1 aliphatic heterocycles. The molecule has 0 atom stereocenters. The number of benzene rings is 11. The summed E-state index contributed by atoms with van der Waals surface area (Å²) in [5, 5.41) is 7.57. The standard InChI is InChI=1S/C63H44N2S/c1-63(2)58-22-12-11-20-52(58)53-35-33-51(40-59(53)63)64(46-16-5-3-6-17-46)48-29-24-42(25-30-48)44-28-34-54-57-37-45-27-32-50(39-56(45)55-21-13-23-60(62(55)57)66-61(54)38-44)65(47-18-7-4-8-19-47)49-31-26-41-14-9-10-15-43(41)36-49/h3-40H,1-2H3. The highest BCUT2D eigenvalue weighted by atomic mass is 32.2. The molecule has 2 nitrogen and oxygen atoms in total. The number of rotatable bonds is 7. The van der Waals surface area contributed by atoms with Crippen molar-refractivity contribution in [3.05, 3.63) is 242 Å². The van der Waals surface area contributed by atoms with Crippen LogP contribution in [0, 0.1) is 0 Å². The molecule has 0 radical (unpaired) electrons. The second-order valence-electron chi connectivity index (χ2n) is 18.1. The Labute approximate surface area is 390 Å². The van der Waals surface area contributed by atoms with Gasteiger partial charge in [-0.15, -0.1) is 0 Å². The minimum atomic E-state index is -0.0787. The maximum absolute atomic E-state index is 2.41. The minimum Gasteiger partial charge on any atom is -0.310 e. The molecule has 1 heterocycles. The second-order valence-corrected chi connectivity index (χ2v) is 19.2. The molecule has 66 heavy (non-hydrogen) atoms. The first-order valence-corrected chi connectivity index (χ1v) is 23.6. The molecule has 0 N–H and O–H groups in total. The van der Waals surface area contributed by atoms with Crippen molar-refractivity contribution < 1.29 is 0 Å². The molecular formula is C63H44N2S. The van der Waals surface area contributed by atoms with Crippen LogP contribution in [0.4, 0.5) is 34.1 Å². The highest BCUT2D eigenvalue weighted by molar-refractivity contribution is 7.99. The van der Waals surface area contributed by atoms with Crippen LogP contribution in [0.5, 0.6) is 0 Å². The van der Waals surface area contributed by atoms with Gasteiger partial charge in [0.2, 0.25) is 0 Å². The fourth-order valence-corrected chi connectivity index (χ4v) is 11.9. The van der Waals surface area contributed by atoms with Gasteiger partial charge in [-0.1, -0.05) is 165 Å². The van der Waals surface area contributed by atoms with E-state index in [1.54, 1.807) is 0 Å². The molecular weight excluding hydrogens is 817 g/mol. The topological polar surface area (TPSA) is 6.48 Å². The molecule has 312 valence electrons. The molecule has 1 aliphatic carbocycles. The van der Waals surface area contributed by atoms with Crippen LogP contribution < -0.4 is 9.80 Å². The van der Waals surface area contributed by atoms with Gasteiger partial charge in [0.05, 0.1) is 0 Å². The van der Waals surface area contributed by atoms with Crippen LogP contribution >= 0.6 is 11.8 Å². The van der Waals surface area contributed by atoms with Crippen LogP contribution in [0.3, 0.4) is 0 Å². The van der Waals surface area contributed by atoms with Crippen LogP contribution in [0.1, 0.15) is 25.0 Å². The molecule has 3 heteroatoms. The van der Waals surface area contributed by atoms with E-state index in [4.69, 9.17) is 0 Å². The van der Waals surface area contributed by atoms with Crippen LogP contribution in [0.25, 0.3) is 65.7 Å². The highest BCUT2D eigenvalue weighted by Gasteiger charge is 2.36. The normalized spacial score (nSPS) is 13.1. The summed E-state index contributed by atoms with van der Waals surface area (Å²) >= 11 is 1.89. The largest absolute Gasteiger partial charge is 0.310 e. The first kappa shape index (κ1) is 38.6. The fourth-order valence-electron chi connectivity index (χ4n) is 10.7. The zero-order valence-electron chi connectivity index (χ0n) is 36.7. The maximum Gasteiger partial charge on any atom is 0.0468 e. The van der Waals surface area contributed by atoms with Gasteiger partial charge in [0.1, 0.15) is 0 Å². The molecule has 0 spiro atoms. The van der Waals surface area contributed by atoms with Crippen molar-refractivity contribution in [2.75, 3.05) is 9.80 Å². The van der Waals surface area contributed by atoms with Crippen molar-refractivity contribution in [2.24, 2.45) is 0 Å². The summed E-state index contributed by atoms with van der Waals surface area (Å²) in [7, 11) is 0. The third kappa shape index (κ3) is 6.19. The summed E-state index contributed by atoms with van der Waals surface area (Å²) in [6.07, 6.45) is 0. The van der Waals surface area contributed by atoms with E-state index < -0.39 is 0 Å². The lowest BCUT2D eigenvalue weighted by molar-refractivity contribution is 0.660. The summed E-state index contributed by atoms with van der Waals surface area (Å²) in [6, 6.07) is 85.1. The van der Waals surface area contributed by atoms with Crippen molar-refractivity contribution in [3.8, 4) is 33.4 Å². The Balaban J connectivity index is 0.857. The summed E-state index contributed by atoms with van der Waals surface area (Å²) in [6.45, 7) is 4.70. The smallest absolute Gasteiger partial charge is 0.0468 e. The molecule has 0 saturated heterocycles. The Hall–Kier alpha value is -7.85. The zero-order valence-corrected chi connectivity index (χ0v) is 37.6. The minimum absolute atomic E-state index is 0.0787. The fraction of sp³-hybridized carbons (Fsp3) is 0.0476.